The van der Waals surface area contributed by atoms with Crippen LogP contribution in [0.3, 0.4) is 0 Å². The minimum atomic E-state index is -4.71. The lowest BCUT2D eigenvalue weighted by atomic mass is 10.1. The molecule has 22 heavy (non-hydrogen) atoms. The number of carbonyl (C=O) groups is 1. The minimum Gasteiger partial charge on any atom is -0.481 e. The van der Waals surface area contributed by atoms with Crippen LogP contribution in [0.5, 0.6) is 0 Å². The summed E-state index contributed by atoms with van der Waals surface area (Å²) in [5.41, 5.74) is -1.63. The Kier molecular flexibility index (Phi) is 4.84. The number of alkyl halides is 3. The smallest absolute Gasteiger partial charge is 0.433 e. The number of hydrogen-bond acceptors (Lipinski definition) is 5. The second kappa shape index (κ2) is 6.47. The molecule has 1 aliphatic rings. The highest BCUT2D eigenvalue weighted by molar-refractivity contribution is 5.70. The Labute approximate surface area is 125 Å². The lowest BCUT2D eigenvalue weighted by Gasteiger charge is -2.29. The second-order valence-electron chi connectivity index (χ2n) is 5.36. The van der Waals surface area contributed by atoms with Crippen molar-refractivity contribution < 1.29 is 23.1 Å². The van der Waals surface area contributed by atoms with Crippen molar-refractivity contribution in [3.63, 3.8) is 0 Å². The lowest BCUT2D eigenvalue weighted by molar-refractivity contribution is -0.142. The molecule has 1 aromatic heterocycles. The number of nitrogens with zero attached hydrogens (tertiary/aromatic N) is 3. The fourth-order valence-electron chi connectivity index (χ4n) is 2.35. The first-order chi connectivity index (χ1) is 10.3. The zero-order chi connectivity index (χ0) is 16.3. The maximum absolute atomic E-state index is 13.0. The van der Waals surface area contributed by atoms with Gasteiger partial charge in [-0.1, -0.05) is 0 Å². The van der Waals surface area contributed by atoms with Crippen molar-refractivity contribution in [1.82, 2.24) is 14.9 Å². The zero-order valence-electron chi connectivity index (χ0n) is 12.0. The van der Waals surface area contributed by atoms with Crippen LogP contribution in [0.1, 0.15) is 24.1 Å². The van der Waals surface area contributed by atoms with E-state index in [2.05, 4.69) is 20.2 Å². The molecular weight excluding hydrogens is 301 g/mol. The largest absolute Gasteiger partial charge is 0.481 e. The van der Waals surface area contributed by atoms with E-state index < -0.39 is 29.8 Å². The summed E-state index contributed by atoms with van der Waals surface area (Å²) >= 11 is 0. The van der Waals surface area contributed by atoms with Crippen molar-refractivity contribution in [3.8, 4) is 0 Å². The number of nitrogens with one attached hydrogen (secondary N) is 1. The number of halogens is 3. The number of aromatic nitrogens is 2. The van der Waals surface area contributed by atoms with Crippen molar-refractivity contribution >= 4 is 11.9 Å². The number of aliphatic carboxylic acids is 1. The van der Waals surface area contributed by atoms with E-state index >= 15 is 0 Å². The summed E-state index contributed by atoms with van der Waals surface area (Å²) in [6.45, 7) is 1.70. The predicted octanol–water partition coefficient (Wildman–Crippen LogP) is 1.63. The molecule has 1 aliphatic heterocycles. The Bertz CT molecular complexity index is 543. The molecule has 0 amide bonds. The van der Waals surface area contributed by atoms with Gasteiger partial charge in [-0.2, -0.15) is 13.2 Å². The number of likely N-dealkylation sites (tertiary alicyclic amines) is 1. The molecule has 0 spiro atoms. The molecular formula is C13H17F3N4O2. The molecule has 2 rings (SSSR count). The van der Waals surface area contributed by atoms with E-state index in [0.29, 0.717) is 0 Å². The molecule has 0 saturated carbocycles. The molecule has 2 N–H and O–H groups in total. The van der Waals surface area contributed by atoms with Gasteiger partial charge >= 0.3 is 12.1 Å². The van der Waals surface area contributed by atoms with Gasteiger partial charge < -0.3 is 15.3 Å². The van der Waals surface area contributed by atoms with Crippen molar-refractivity contribution in [2.45, 2.75) is 31.5 Å². The van der Waals surface area contributed by atoms with Gasteiger partial charge in [-0.05, 0) is 33.0 Å². The highest BCUT2D eigenvalue weighted by atomic mass is 19.4. The van der Waals surface area contributed by atoms with Gasteiger partial charge in [-0.15, -0.1) is 0 Å². The van der Waals surface area contributed by atoms with E-state index in [1.165, 1.54) is 0 Å². The summed E-state index contributed by atoms with van der Waals surface area (Å²) in [6.07, 6.45) is -2.96. The van der Waals surface area contributed by atoms with Crippen LogP contribution in [0.25, 0.3) is 0 Å². The quantitative estimate of drug-likeness (QED) is 0.878. The third-order valence-corrected chi connectivity index (χ3v) is 3.53. The number of piperidine rings is 1. The SMILES string of the molecule is CN1CCC(Nc2ncc(CC(=O)O)c(C(F)(F)F)n2)CC1. The van der Waals surface area contributed by atoms with E-state index in [-0.39, 0.29) is 12.0 Å². The maximum Gasteiger partial charge on any atom is 0.433 e. The first-order valence-corrected chi connectivity index (χ1v) is 6.85. The Hall–Kier alpha value is -1.90. The van der Waals surface area contributed by atoms with E-state index in [9.17, 15) is 18.0 Å². The molecule has 6 nitrogen and oxygen atoms in total. The van der Waals surface area contributed by atoms with Crippen LogP contribution in [0.4, 0.5) is 19.1 Å². The molecule has 0 radical (unpaired) electrons. The first kappa shape index (κ1) is 16.5. The molecule has 0 bridgehead atoms. The summed E-state index contributed by atoms with van der Waals surface area (Å²) in [4.78, 5) is 20.1. The van der Waals surface area contributed by atoms with Crippen LogP contribution in [-0.4, -0.2) is 52.1 Å². The van der Waals surface area contributed by atoms with Gasteiger partial charge in [0.05, 0.1) is 6.42 Å². The predicted molar refractivity (Wildman–Crippen MR) is 72.5 cm³/mol. The van der Waals surface area contributed by atoms with Gasteiger partial charge in [0.15, 0.2) is 5.69 Å². The highest BCUT2D eigenvalue weighted by Gasteiger charge is 2.36. The summed E-state index contributed by atoms with van der Waals surface area (Å²) in [5, 5.41) is 11.6. The van der Waals surface area contributed by atoms with E-state index in [1.807, 2.05) is 7.05 Å². The summed E-state index contributed by atoms with van der Waals surface area (Å²) < 4.78 is 39.0. The number of rotatable bonds is 4. The average molecular weight is 318 g/mol. The van der Waals surface area contributed by atoms with Crippen LogP contribution < -0.4 is 5.32 Å². The highest BCUT2D eigenvalue weighted by Crippen LogP contribution is 2.31. The molecule has 1 aromatic rings. The molecule has 1 saturated heterocycles. The van der Waals surface area contributed by atoms with Gasteiger partial charge in [-0.3, -0.25) is 4.79 Å². The van der Waals surface area contributed by atoms with Gasteiger partial charge in [0.25, 0.3) is 0 Å². The van der Waals surface area contributed by atoms with Crippen molar-refractivity contribution in [2.24, 2.45) is 0 Å². The molecule has 0 atom stereocenters. The molecule has 9 heteroatoms. The number of carboxylic acids is 1. The Balaban J connectivity index is 2.17. The van der Waals surface area contributed by atoms with Crippen LogP contribution in [0.2, 0.25) is 0 Å². The second-order valence-corrected chi connectivity index (χ2v) is 5.36. The average Bonchev–Trinajstić information content (AvgIpc) is 2.41. The van der Waals surface area contributed by atoms with Crippen LogP contribution in [0.15, 0.2) is 6.20 Å². The normalized spacial score (nSPS) is 17.5. The lowest BCUT2D eigenvalue weighted by Crippen LogP contribution is -2.37. The van der Waals surface area contributed by atoms with Crippen molar-refractivity contribution in [3.05, 3.63) is 17.5 Å². The molecule has 0 aromatic carbocycles. The van der Waals surface area contributed by atoms with Crippen molar-refractivity contribution in [2.75, 3.05) is 25.5 Å². The molecule has 0 aliphatic carbocycles. The monoisotopic (exact) mass is 318 g/mol. The summed E-state index contributed by atoms with van der Waals surface area (Å²) in [6, 6.07) is 0.0163. The Morgan fingerprint density at radius 1 is 1.45 bits per heavy atom. The molecule has 122 valence electrons. The Morgan fingerprint density at radius 3 is 2.64 bits per heavy atom. The fourth-order valence-corrected chi connectivity index (χ4v) is 2.35. The van der Waals surface area contributed by atoms with E-state index in [1.54, 1.807) is 0 Å². The number of anilines is 1. The topological polar surface area (TPSA) is 78.4 Å². The zero-order valence-corrected chi connectivity index (χ0v) is 12.0. The van der Waals surface area contributed by atoms with Gasteiger partial charge in [0.1, 0.15) is 0 Å². The molecule has 1 fully saturated rings. The third-order valence-electron chi connectivity index (χ3n) is 3.53. The van der Waals surface area contributed by atoms with Crippen molar-refractivity contribution in [1.29, 1.82) is 0 Å². The van der Waals surface area contributed by atoms with Gasteiger partial charge in [0.2, 0.25) is 5.95 Å². The number of carboxylic acid groups (broad SMARTS) is 1. The first-order valence-electron chi connectivity index (χ1n) is 6.85. The molecule has 2 heterocycles. The van der Waals surface area contributed by atoms with E-state index in [0.717, 1.165) is 32.1 Å². The summed E-state index contributed by atoms with van der Waals surface area (Å²) in [7, 11) is 1.98. The van der Waals surface area contributed by atoms with Gasteiger partial charge in [-0.25, -0.2) is 9.97 Å². The fraction of sp³-hybridized carbons (Fsp3) is 0.615. The standard InChI is InChI=1S/C13H17F3N4O2/c1-20-4-2-9(3-5-20)18-12-17-7-8(6-10(21)22)11(19-12)13(14,15)16/h7,9H,2-6H2,1H3,(H,21,22)(H,17,18,19). The van der Waals surface area contributed by atoms with Crippen LogP contribution in [-0.2, 0) is 17.4 Å². The maximum atomic E-state index is 13.0. The summed E-state index contributed by atoms with van der Waals surface area (Å²) in [5.74, 6) is -1.47. The Morgan fingerprint density at radius 2 is 2.09 bits per heavy atom. The minimum absolute atomic E-state index is 0.0163. The van der Waals surface area contributed by atoms with Gasteiger partial charge in [0, 0.05) is 17.8 Å². The third kappa shape index (κ3) is 4.30. The van der Waals surface area contributed by atoms with E-state index in [4.69, 9.17) is 5.11 Å². The molecule has 0 unspecified atom stereocenters. The van der Waals surface area contributed by atoms with Crippen LogP contribution in [0, 0.1) is 0 Å². The number of hydrogen-bond donors (Lipinski definition) is 2. The van der Waals surface area contributed by atoms with Crippen LogP contribution >= 0.6 is 0 Å².